The van der Waals surface area contributed by atoms with Crippen molar-refractivity contribution >= 4 is 54.7 Å². The van der Waals surface area contributed by atoms with Crippen molar-refractivity contribution in [3.8, 4) is 0 Å². The molecule has 1 heterocycles. The third-order valence-corrected chi connectivity index (χ3v) is 5.74. The van der Waals surface area contributed by atoms with Crippen LogP contribution in [0, 0.1) is 0 Å². The second kappa shape index (κ2) is 7.64. The average Bonchev–Trinajstić information content (AvgIpc) is 3.03. The molecule has 1 aliphatic rings. The van der Waals surface area contributed by atoms with Gasteiger partial charge in [-0.15, -0.1) is 0 Å². The Balaban J connectivity index is 1.69. The van der Waals surface area contributed by atoms with Gasteiger partial charge in [-0.05, 0) is 45.8 Å². The number of rotatable bonds is 3. The molecule has 2 aromatic carbocycles. The number of nitrogens with zero attached hydrogens (tertiary/aromatic N) is 2. The molecular weight excluding hydrogens is 440 g/mol. The summed E-state index contributed by atoms with van der Waals surface area (Å²) >= 11 is 8.49. The van der Waals surface area contributed by atoms with Gasteiger partial charge in [-0.1, -0.05) is 52.0 Å². The average molecular weight is 454 g/mol. The molecule has 23 heavy (non-hydrogen) atoms. The molecule has 1 aliphatic heterocycles. The lowest BCUT2D eigenvalue weighted by Gasteiger charge is -2.18. The largest absolute Gasteiger partial charge is 0.286 e. The number of amides is 1. The van der Waals surface area contributed by atoms with Gasteiger partial charge in [0.25, 0.3) is 5.91 Å². The molecule has 0 saturated carbocycles. The van der Waals surface area contributed by atoms with Gasteiger partial charge in [0.2, 0.25) is 0 Å². The summed E-state index contributed by atoms with van der Waals surface area (Å²) in [7, 11) is 0. The molecular formula is C17H14Br2N2OS. The number of benzene rings is 2. The van der Waals surface area contributed by atoms with Crippen LogP contribution < -0.4 is 0 Å². The van der Waals surface area contributed by atoms with Crippen LogP contribution in [0.1, 0.15) is 15.9 Å². The first-order valence-electron chi connectivity index (χ1n) is 7.13. The van der Waals surface area contributed by atoms with Crippen LogP contribution in [0.3, 0.4) is 0 Å². The SMILES string of the molecule is O=C(c1ccccc1Br)N1CCN=C1SCc1ccc(Br)cc1. The van der Waals surface area contributed by atoms with Crippen LogP contribution >= 0.6 is 43.6 Å². The van der Waals surface area contributed by atoms with Crippen molar-refractivity contribution in [3.63, 3.8) is 0 Å². The van der Waals surface area contributed by atoms with Crippen LogP contribution in [-0.2, 0) is 5.75 Å². The Hall–Kier alpha value is -1.11. The number of halogens is 2. The fourth-order valence-electron chi connectivity index (χ4n) is 2.25. The molecule has 2 aromatic rings. The number of amidine groups is 1. The van der Waals surface area contributed by atoms with E-state index in [4.69, 9.17) is 0 Å². The molecule has 3 rings (SSSR count). The molecule has 6 heteroatoms. The van der Waals surface area contributed by atoms with Crippen LogP contribution in [0.4, 0.5) is 0 Å². The van der Waals surface area contributed by atoms with E-state index in [-0.39, 0.29) is 5.91 Å². The Labute approximate surface area is 156 Å². The van der Waals surface area contributed by atoms with E-state index in [0.717, 1.165) is 19.9 Å². The monoisotopic (exact) mass is 452 g/mol. The van der Waals surface area contributed by atoms with Gasteiger partial charge in [0, 0.05) is 21.2 Å². The number of carbonyl (C=O) groups excluding carboxylic acids is 1. The zero-order valence-corrected chi connectivity index (χ0v) is 16.2. The molecule has 0 fully saturated rings. The van der Waals surface area contributed by atoms with Crippen molar-refractivity contribution in [1.82, 2.24) is 4.90 Å². The highest BCUT2D eigenvalue weighted by Crippen LogP contribution is 2.24. The molecule has 0 aromatic heterocycles. The topological polar surface area (TPSA) is 32.7 Å². The summed E-state index contributed by atoms with van der Waals surface area (Å²) in [5.74, 6) is 0.795. The van der Waals surface area contributed by atoms with Gasteiger partial charge >= 0.3 is 0 Å². The lowest BCUT2D eigenvalue weighted by atomic mass is 10.2. The van der Waals surface area contributed by atoms with Crippen LogP contribution in [0.15, 0.2) is 62.5 Å². The quantitative estimate of drug-likeness (QED) is 0.658. The van der Waals surface area contributed by atoms with Gasteiger partial charge in [-0.3, -0.25) is 14.7 Å². The zero-order valence-electron chi connectivity index (χ0n) is 12.2. The van der Waals surface area contributed by atoms with E-state index >= 15 is 0 Å². The highest BCUT2D eigenvalue weighted by Gasteiger charge is 2.26. The molecule has 0 atom stereocenters. The van der Waals surface area contributed by atoms with Crippen molar-refractivity contribution in [3.05, 3.63) is 68.6 Å². The lowest BCUT2D eigenvalue weighted by molar-refractivity contribution is 0.0860. The highest BCUT2D eigenvalue weighted by molar-refractivity contribution is 9.10. The third-order valence-electron chi connectivity index (χ3n) is 3.43. The fourth-order valence-corrected chi connectivity index (χ4v) is 3.97. The number of hydrogen-bond acceptors (Lipinski definition) is 3. The number of hydrogen-bond donors (Lipinski definition) is 0. The first kappa shape index (κ1) is 16.7. The van der Waals surface area contributed by atoms with Crippen LogP contribution in [0.25, 0.3) is 0 Å². The molecule has 0 saturated heterocycles. The Kier molecular flexibility index (Phi) is 5.56. The van der Waals surface area contributed by atoms with Gasteiger partial charge in [0.1, 0.15) is 0 Å². The van der Waals surface area contributed by atoms with Crippen molar-refractivity contribution in [2.75, 3.05) is 13.1 Å². The molecule has 3 nitrogen and oxygen atoms in total. The summed E-state index contributed by atoms with van der Waals surface area (Å²) in [6.45, 7) is 1.31. The maximum absolute atomic E-state index is 12.7. The highest BCUT2D eigenvalue weighted by atomic mass is 79.9. The Morgan fingerprint density at radius 3 is 2.61 bits per heavy atom. The molecule has 0 radical (unpaired) electrons. The summed E-state index contributed by atoms with van der Waals surface area (Å²) in [5, 5.41) is 0.800. The number of thioether (sulfide) groups is 1. The van der Waals surface area contributed by atoms with Gasteiger partial charge < -0.3 is 0 Å². The third kappa shape index (κ3) is 4.05. The second-order valence-corrected chi connectivity index (χ2v) is 7.73. The van der Waals surface area contributed by atoms with Crippen molar-refractivity contribution in [1.29, 1.82) is 0 Å². The van der Waals surface area contributed by atoms with Gasteiger partial charge in [0.05, 0.1) is 12.1 Å². The minimum absolute atomic E-state index is 0.00275. The summed E-state index contributed by atoms with van der Waals surface area (Å²) < 4.78 is 1.88. The Morgan fingerprint density at radius 1 is 1.13 bits per heavy atom. The fraction of sp³-hybridized carbons (Fsp3) is 0.176. The van der Waals surface area contributed by atoms with Gasteiger partial charge in [-0.2, -0.15) is 0 Å². The Morgan fingerprint density at radius 2 is 1.87 bits per heavy atom. The second-order valence-electron chi connectivity index (χ2n) is 5.02. The Bertz CT molecular complexity index is 747. The van der Waals surface area contributed by atoms with E-state index in [9.17, 15) is 4.79 Å². The summed E-state index contributed by atoms with van der Waals surface area (Å²) in [5.41, 5.74) is 1.88. The van der Waals surface area contributed by atoms with Crippen molar-refractivity contribution < 1.29 is 4.79 Å². The molecule has 0 bridgehead atoms. The number of carbonyl (C=O) groups is 1. The first-order chi connectivity index (χ1) is 11.1. The summed E-state index contributed by atoms with van der Waals surface area (Å²) in [4.78, 5) is 19.0. The summed E-state index contributed by atoms with van der Waals surface area (Å²) in [6.07, 6.45) is 0. The molecule has 1 amide bonds. The molecule has 0 unspecified atom stereocenters. The minimum atomic E-state index is -0.00275. The summed E-state index contributed by atoms with van der Waals surface area (Å²) in [6, 6.07) is 15.7. The maximum Gasteiger partial charge on any atom is 0.261 e. The lowest BCUT2D eigenvalue weighted by Crippen LogP contribution is -2.33. The van der Waals surface area contributed by atoms with Crippen molar-refractivity contribution in [2.24, 2.45) is 4.99 Å². The van der Waals surface area contributed by atoms with Gasteiger partial charge in [-0.25, -0.2) is 0 Å². The normalized spacial score (nSPS) is 14.0. The predicted octanol–water partition coefficient (Wildman–Crippen LogP) is 4.96. The van der Waals surface area contributed by atoms with Crippen LogP contribution in [-0.4, -0.2) is 29.1 Å². The van der Waals surface area contributed by atoms with E-state index in [2.05, 4.69) is 49.0 Å². The molecule has 0 aliphatic carbocycles. The van der Waals surface area contributed by atoms with E-state index in [1.807, 2.05) is 36.4 Å². The zero-order chi connectivity index (χ0) is 16.2. The van der Waals surface area contributed by atoms with E-state index in [1.54, 1.807) is 16.7 Å². The van der Waals surface area contributed by atoms with E-state index in [1.165, 1.54) is 5.56 Å². The van der Waals surface area contributed by atoms with Gasteiger partial charge in [0.15, 0.2) is 5.17 Å². The molecule has 0 N–H and O–H groups in total. The predicted molar refractivity (Wildman–Crippen MR) is 103 cm³/mol. The standard InChI is InChI=1S/C17H14Br2N2OS/c18-13-7-5-12(6-8-13)11-23-17-20-9-10-21(17)16(22)14-3-1-2-4-15(14)19/h1-8H,9-11H2. The molecule has 118 valence electrons. The van der Waals surface area contributed by atoms with Crippen LogP contribution in [0.5, 0.6) is 0 Å². The first-order valence-corrected chi connectivity index (χ1v) is 9.70. The maximum atomic E-state index is 12.7. The van der Waals surface area contributed by atoms with Crippen LogP contribution in [0.2, 0.25) is 0 Å². The van der Waals surface area contributed by atoms with Crippen molar-refractivity contribution in [2.45, 2.75) is 5.75 Å². The van der Waals surface area contributed by atoms with E-state index in [0.29, 0.717) is 18.7 Å². The molecule has 0 spiro atoms. The minimum Gasteiger partial charge on any atom is -0.286 e. The number of aliphatic imine (C=N–C) groups is 1. The van der Waals surface area contributed by atoms with E-state index < -0.39 is 0 Å². The smallest absolute Gasteiger partial charge is 0.261 e.